The Bertz CT molecular complexity index is 1050. The Kier molecular flexibility index (Phi) is 7.42. The minimum Gasteiger partial charge on any atom is -0.494 e. The number of carbonyl (C=O) groups excluding carboxylic acids is 1. The summed E-state index contributed by atoms with van der Waals surface area (Å²) in [4.78, 5) is 27.2. The number of anilines is 1. The van der Waals surface area contributed by atoms with Crippen molar-refractivity contribution < 1.29 is 14.5 Å². The number of piperazine rings is 1. The van der Waals surface area contributed by atoms with Crippen LogP contribution in [0.3, 0.4) is 0 Å². The van der Waals surface area contributed by atoms with E-state index in [-0.39, 0.29) is 32.2 Å². The second-order valence-electron chi connectivity index (χ2n) is 6.57. The van der Waals surface area contributed by atoms with Crippen molar-refractivity contribution in [1.29, 1.82) is 0 Å². The van der Waals surface area contributed by atoms with Crippen molar-refractivity contribution in [2.45, 2.75) is 0 Å². The van der Waals surface area contributed by atoms with E-state index in [2.05, 4.69) is 5.32 Å². The fourth-order valence-electron chi connectivity index (χ4n) is 3.28. The van der Waals surface area contributed by atoms with Gasteiger partial charge in [0.05, 0.1) is 27.6 Å². The number of hydrogen-bond acceptors (Lipinski definition) is 6. The number of ether oxygens (including phenoxy) is 1. The van der Waals surface area contributed by atoms with Gasteiger partial charge in [0.2, 0.25) is 0 Å². The number of rotatable bonds is 4. The Morgan fingerprint density at radius 1 is 1.16 bits per heavy atom. The Balaban J connectivity index is 1.68. The van der Waals surface area contributed by atoms with Crippen LogP contribution in [0.25, 0.3) is 0 Å². The first kappa shape index (κ1) is 23.3. The summed E-state index contributed by atoms with van der Waals surface area (Å²) >= 11 is 23.7. The van der Waals surface area contributed by atoms with Crippen LogP contribution < -0.4 is 15.0 Å². The molecule has 0 radical (unpaired) electrons. The highest BCUT2D eigenvalue weighted by Gasteiger charge is 2.27. The number of para-hydroxylation sites is 1. The van der Waals surface area contributed by atoms with Crippen molar-refractivity contribution in [3.05, 3.63) is 61.1 Å². The number of nitro groups is 1. The number of nitrogens with zero attached hydrogens (tertiary/aromatic N) is 3. The molecule has 1 aliphatic heterocycles. The van der Waals surface area contributed by atoms with Crippen LogP contribution in [0.1, 0.15) is 10.4 Å². The zero-order valence-corrected chi connectivity index (χ0v) is 19.3. The summed E-state index contributed by atoms with van der Waals surface area (Å²) in [6.07, 6.45) is 0. The van der Waals surface area contributed by atoms with Crippen LogP contribution in [-0.2, 0) is 0 Å². The van der Waals surface area contributed by atoms with Crippen LogP contribution in [0.5, 0.6) is 5.75 Å². The van der Waals surface area contributed by atoms with E-state index in [1.165, 1.54) is 25.3 Å². The number of carbonyl (C=O) groups is 1. The Morgan fingerprint density at radius 2 is 1.84 bits per heavy atom. The van der Waals surface area contributed by atoms with Crippen LogP contribution in [0.4, 0.5) is 11.4 Å². The van der Waals surface area contributed by atoms with Gasteiger partial charge in [-0.25, -0.2) is 0 Å². The Labute approximate surface area is 198 Å². The third kappa shape index (κ3) is 5.12. The average Bonchev–Trinajstić information content (AvgIpc) is 2.73. The predicted molar refractivity (Wildman–Crippen MR) is 125 cm³/mol. The molecule has 164 valence electrons. The van der Waals surface area contributed by atoms with Gasteiger partial charge >= 0.3 is 0 Å². The van der Waals surface area contributed by atoms with Crippen LogP contribution >= 0.6 is 47.0 Å². The molecular weight excluding hydrogens is 487 g/mol. The van der Waals surface area contributed by atoms with E-state index >= 15 is 0 Å². The lowest BCUT2D eigenvalue weighted by Gasteiger charge is -2.37. The maximum absolute atomic E-state index is 12.7. The van der Waals surface area contributed by atoms with Crippen molar-refractivity contribution in [3.8, 4) is 5.75 Å². The second-order valence-corrected chi connectivity index (χ2v) is 8.20. The number of nitro benzene ring substituents is 1. The van der Waals surface area contributed by atoms with Crippen molar-refractivity contribution >= 4 is 69.4 Å². The Hall–Kier alpha value is -2.33. The molecule has 0 aliphatic carbocycles. The molecule has 31 heavy (non-hydrogen) atoms. The van der Waals surface area contributed by atoms with Gasteiger partial charge < -0.3 is 14.5 Å². The summed E-state index contributed by atoms with van der Waals surface area (Å²) in [5.74, 6) is -0.308. The van der Waals surface area contributed by atoms with Gasteiger partial charge in [0.1, 0.15) is 11.4 Å². The normalized spacial score (nSPS) is 13.7. The van der Waals surface area contributed by atoms with Crippen LogP contribution in [0.2, 0.25) is 15.1 Å². The molecule has 2 aromatic rings. The summed E-state index contributed by atoms with van der Waals surface area (Å²) in [7, 11) is 1.40. The van der Waals surface area contributed by atoms with E-state index in [0.717, 1.165) is 0 Å². The third-order valence-electron chi connectivity index (χ3n) is 4.72. The van der Waals surface area contributed by atoms with Gasteiger partial charge in [-0.2, -0.15) is 0 Å². The van der Waals surface area contributed by atoms with Crippen molar-refractivity contribution in [2.75, 3.05) is 38.2 Å². The number of benzene rings is 2. The van der Waals surface area contributed by atoms with E-state index in [4.69, 9.17) is 51.8 Å². The highest BCUT2D eigenvalue weighted by atomic mass is 35.5. The van der Waals surface area contributed by atoms with Crippen molar-refractivity contribution in [1.82, 2.24) is 10.2 Å². The number of methoxy groups -OCH3 is 1. The van der Waals surface area contributed by atoms with E-state index < -0.39 is 10.8 Å². The zero-order valence-electron chi connectivity index (χ0n) is 16.2. The van der Waals surface area contributed by atoms with E-state index in [1.807, 2.05) is 4.90 Å². The SMILES string of the molecule is COc1c(Cl)cc(Cl)cc1C(=O)NC(=S)N1CCN(c2c(Cl)cccc2[N+](=O)[O-])CC1. The van der Waals surface area contributed by atoms with Gasteiger partial charge in [0.25, 0.3) is 11.6 Å². The fraction of sp³-hybridized carbons (Fsp3) is 0.263. The molecule has 0 unspecified atom stereocenters. The molecule has 1 N–H and O–H groups in total. The fourth-order valence-corrected chi connectivity index (χ4v) is 4.41. The number of nitrogens with one attached hydrogen (secondary N) is 1. The first-order valence-electron chi connectivity index (χ1n) is 9.04. The van der Waals surface area contributed by atoms with E-state index in [0.29, 0.717) is 36.9 Å². The monoisotopic (exact) mass is 502 g/mol. The molecule has 3 rings (SSSR count). The van der Waals surface area contributed by atoms with Gasteiger partial charge in [0.15, 0.2) is 5.11 Å². The molecule has 0 aromatic heterocycles. The van der Waals surface area contributed by atoms with Crippen LogP contribution in [0, 0.1) is 10.1 Å². The minimum atomic E-state index is -0.504. The van der Waals surface area contributed by atoms with Crippen molar-refractivity contribution in [3.63, 3.8) is 0 Å². The summed E-state index contributed by atoms with van der Waals surface area (Å²) in [5.41, 5.74) is 0.483. The quantitative estimate of drug-likeness (QED) is 0.376. The molecule has 1 saturated heterocycles. The minimum absolute atomic E-state index is 0.0539. The van der Waals surface area contributed by atoms with Crippen molar-refractivity contribution in [2.24, 2.45) is 0 Å². The second kappa shape index (κ2) is 9.86. The molecule has 8 nitrogen and oxygen atoms in total. The maximum Gasteiger partial charge on any atom is 0.294 e. The lowest BCUT2D eigenvalue weighted by atomic mass is 10.2. The van der Waals surface area contributed by atoms with Crippen LogP contribution in [-0.4, -0.2) is 54.1 Å². The van der Waals surface area contributed by atoms with E-state index in [9.17, 15) is 14.9 Å². The number of thiocarbonyl (C=S) groups is 1. The summed E-state index contributed by atoms with van der Waals surface area (Å²) in [5, 5.41) is 15.0. The number of hydrogen-bond donors (Lipinski definition) is 1. The summed E-state index contributed by atoms with van der Waals surface area (Å²) < 4.78 is 5.20. The highest BCUT2D eigenvalue weighted by Crippen LogP contribution is 2.36. The maximum atomic E-state index is 12.7. The molecule has 2 aromatic carbocycles. The first-order chi connectivity index (χ1) is 14.7. The smallest absolute Gasteiger partial charge is 0.294 e. The number of halogens is 3. The standard InChI is InChI=1S/C19H17Cl3N4O4S/c1-30-17-12(9-11(20)10-14(17)22)18(27)23-19(31)25-7-5-24(6-8-25)16-13(21)3-2-4-15(16)26(28)29/h2-4,9-10H,5-8H2,1H3,(H,23,27,31). The molecule has 1 heterocycles. The van der Waals surface area contributed by atoms with Crippen LogP contribution in [0.15, 0.2) is 30.3 Å². The molecule has 1 aliphatic rings. The van der Waals surface area contributed by atoms with Gasteiger partial charge in [0, 0.05) is 37.3 Å². The number of amides is 1. The first-order valence-corrected chi connectivity index (χ1v) is 10.6. The van der Waals surface area contributed by atoms with Gasteiger partial charge in [-0.3, -0.25) is 20.2 Å². The lowest BCUT2D eigenvalue weighted by molar-refractivity contribution is -0.384. The largest absolute Gasteiger partial charge is 0.494 e. The highest BCUT2D eigenvalue weighted by molar-refractivity contribution is 7.80. The molecule has 0 spiro atoms. The zero-order chi connectivity index (χ0) is 22.7. The summed E-state index contributed by atoms with van der Waals surface area (Å²) in [6, 6.07) is 7.50. The Morgan fingerprint density at radius 3 is 2.45 bits per heavy atom. The molecule has 12 heteroatoms. The molecule has 0 saturated carbocycles. The van der Waals surface area contributed by atoms with Gasteiger partial charge in [-0.05, 0) is 30.4 Å². The van der Waals surface area contributed by atoms with Gasteiger partial charge in [-0.15, -0.1) is 0 Å². The average molecular weight is 504 g/mol. The molecular formula is C19H17Cl3N4O4S. The predicted octanol–water partition coefficient (Wildman–Crippen LogP) is 4.40. The molecule has 1 fully saturated rings. The molecule has 0 bridgehead atoms. The van der Waals surface area contributed by atoms with E-state index in [1.54, 1.807) is 17.0 Å². The molecule has 1 amide bonds. The topological polar surface area (TPSA) is 88.0 Å². The molecule has 0 atom stereocenters. The third-order valence-corrected chi connectivity index (χ3v) is 5.89. The lowest BCUT2D eigenvalue weighted by Crippen LogP contribution is -2.52. The van der Waals surface area contributed by atoms with Gasteiger partial charge in [-0.1, -0.05) is 40.9 Å². The summed E-state index contributed by atoms with van der Waals surface area (Å²) in [6.45, 7) is 1.75.